The Balaban J connectivity index is 2.52. The zero-order valence-corrected chi connectivity index (χ0v) is 13.3. The summed E-state index contributed by atoms with van der Waals surface area (Å²) in [4.78, 5) is 5.58. The van der Waals surface area contributed by atoms with Gasteiger partial charge in [0.25, 0.3) is 0 Å². The summed E-state index contributed by atoms with van der Waals surface area (Å²) in [6, 6.07) is 5.94. The van der Waals surface area contributed by atoms with Crippen LogP contribution in [0, 0.1) is 6.92 Å². The zero-order chi connectivity index (χ0) is 14.7. The zero-order valence-electron chi connectivity index (χ0n) is 12.5. The van der Waals surface area contributed by atoms with Gasteiger partial charge in [-0.2, -0.15) is 0 Å². The van der Waals surface area contributed by atoms with Crippen LogP contribution in [-0.2, 0) is 0 Å². The largest absolute Gasteiger partial charge is 0.492 e. The minimum absolute atomic E-state index is 0.106. The fraction of sp³-hybridized carbons (Fsp3) is 0.400. The molecule has 0 radical (unpaired) electrons. The fourth-order valence-corrected chi connectivity index (χ4v) is 2.95. The maximum atomic E-state index is 5.81. The third-order valence-electron chi connectivity index (χ3n) is 2.80. The quantitative estimate of drug-likeness (QED) is 0.906. The number of rotatable bonds is 5. The standard InChI is InChI=1S/C15H20N2O2S/c1-9(2)19-12-8-6-7-11(13(12)18-5)14-10(3)17-15(16-4)20-14/h6-9H,1-5H3,(H,16,17). The molecule has 0 amide bonds. The maximum Gasteiger partial charge on any atom is 0.183 e. The molecule has 2 aromatic rings. The topological polar surface area (TPSA) is 43.4 Å². The van der Waals surface area contributed by atoms with Crippen LogP contribution in [0.2, 0.25) is 0 Å². The first-order valence-corrected chi connectivity index (χ1v) is 7.37. The van der Waals surface area contributed by atoms with Crippen LogP contribution in [0.3, 0.4) is 0 Å². The monoisotopic (exact) mass is 292 g/mol. The Morgan fingerprint density at radius 3 is 2.60 bits per heavy atom. The first-order chi connectivity index (χ1) is 9.56. The van der Waals surface area contributed by atoms with Crippen LogP contribution in [0.25, 0.3) is 10.4 Å². The van der Waals surface area contributed by atoms with E-state index in [1.165, 1.54) is 0 Å². The van der Waals surface area contributed by atoms with Gasteiger partial charge in [-0.05, 0) is 32.9 Å². The number of aryl methyl sites for hydroxylation is 1. The van der Waals surface area contributed by atoms with Gasteiger partial charge in [0, 0.05) is 12.6 Å². The number of methoxy groups -OCH3 is 1. The second kappa shape index (κ2) is 6.13. The van der Waals surface area contributed by atoms with Crippen molar-refractivity contribution >= 4 is 16.5 Å². The van der Waals surface area contributed by atoms with E-state index < -0.39 is 0 Å². The lowest BCUT2D eigenvalue weighted by atomic mass is 10.1. The molecule has 0 aliphatic carbocycles. The molecule has 1 N–H and O–H groups in total. The molecule has 1 aromatic heterocycles. The van der Waals surface area contributed by atoms with Gasteiger partial charge in [-0.25, -0.2) is 4.98 Å². The molecule has 0 saturated carbocycles. The number of aromatic nitrogens is 1. The summed E-state index contributed by atoms with van der Waals surface area (Å²) < 4.78 is 11.4. The normalized spacial score (nSPS) is 10.7. The van der Waals surface area contributed by atoms with Gasteiger partial charge in [0.05, 0.1) is 23.8 Å². The molecule has 20 heavy (non-hydrogen) atoms. The SMILES string of the molecule is CNc1nc(C)c(-c2cccc(OC(C)C)c2OC)s1. The summed E-state index contributed by atoms with van der Waals surface area (Å²) in [5.41, 5.74) is 2.00. The van der Waals surface area contributed by atoms with Crippen LogP contribution in [0.1, 0.15) is 19.5 Å². The highest BCUT2D eigenvalue weighted by atomic mass is 32.1. The van der Waals surface area contributed by atoms with E-state index in [0.717, 1.165) is 32.8 Å². The molecule has 108 valence electrons. The number of hydrogen-bond donors (Lipinski definition) is 1. The molecule has 1 heterocycles. The number of nitrogens with zero attached hydrogens (tertiary/aromatic N) is 1. The van der Waals surface area contributed by atoms with Crippen molar-refractivity contribution in [1.82, 2.24) is 4.98 Å². The van der Waals surface area contributed by atoms with Gasteiger partial charge in [-0.1, -0.05) is 17.4 Å². The lowest BCUT2D eigenvalue weighted by Gasteiger charge is -2.16. The van der Waals surface area contributed by atoms with Gasteiger partial charge in [0.2, 0.25) is 0 Å². The number of hydrogen-bond acceptors (Lipinski definition) is 5. The highest BCUT2D eigenvalue weighted by molar-refractivity contribution is 7.19. The molecule has 1 aromatic carbocycles. The Morgan fingerprint density at radius 1 is 1.30 bits per heavy atom. The second-order valence-corrected chi connectivity index (χ2v) is 5.69. The molecule has 0 saturated heterocycles. The van der Waals surface area contributed by atoms with Gasteiger partial charge in [-0.3, -0.25) is 0 Å². The summed E-state index contributed by atoms with van der Waals surface area (Å²) in [6.45, 7) is 6.01. The van der Waals surface area contributed by atoms with Gasteiger partial charge in [-0.15, -0.1) is 0 Å². The maximum absolute atomic E-state index is 5.81. The molecule has 4 nitrogen and oxygen atoms in total. The molecule has 0 atom stereocenters. The summed E-state index contributed by atoms with van der Waals surface area (Å²) >= 11 is 1.61. The van der Waals surface area contributed by atoms with Crippen molar-refractivity contribution in [1.29, 1.82) is 0 Å². The summed E-state index contributed by atoms with van der Waals surface area (Å²) in [5, 5.41) is 3.98. The van der Waals surface area contributed by atoms with Crippen LogP contribution >= 0.6 is 11.3 Å². The Hall–Kier alpha value is -1.75. The van der Waals surface area contributed by atoms with Crippen molar-refractivity contribution in [3.8, 4) is 21.9 Å². The number of nitrogens with one attached hydrogen (secondary N) is 1. The highest BCUT2D eigenvalue weighted by Crippen LogP contribution is 2.42. The molecular formula is C15H20N2O2S. The number of para-hydroxylation sites is 1. The molecular weight excluding hydrogens is 272 g/mol. The molecule has 0 bridgehead atoms. The van der Waals surface area contributed by atoms with E-state index in [1.54, 1.807) is 18.4 Å². The number of thiazole rings is 1. The summed E-state index contributed by atoms with van der Waals surface area (Å²) in [6.07, 6.45) is 0.106. The van der Waals surface area contributed by atoms with Crippen molar-refractivity contribution in [2.24, 2.45) is 0 Å². The number of anilines is 1. The van der Waals surface area contributed by atoms with Gasteiger partial charge in [0.1, 0.15) is 0 Å². The first kappa shape index (κ1) is 14.7. The van der Waals surface area contributed by atoms with Crippen molar-refractivity contribution in [2.75, 3.05) is 19.5 Å². The molecule has 0 aliphatic heterocycles. The molecule has 0 aliphatic rings. The Bertz CT molecular complexity index is 594. The minimum Gasteiger partial charge on any atom is -0.492 e. The predicted molar refractivity (Wildman–Crippen MR) is 84.1 cm³/mol. The third kappa shape index (κ3) is 2.88. The van der Waals surface area contributed by atoms with Crippen LogP contribution in [-0.4, -0.2) is 25.2 Å². The Kier molecular flexibility index (Phi) is 4.49. The van der Waals surface area contributed by atoms with Crippen LogP contribution in [0.15, 0.2) is 18.2 Å². The minimum atomic E-state index is 0.106. The lowest BCUT2D eigenvalue weighted by molar-refractivity contribution is 0.230. The molecule has 5 heteroatoms. The van der Waals surface area contributed by atoms with Crippen molar-refractivity contribution in [3.63, 3.8) is 0 Å². The van der Waals surface area contributed by atoms with Crippen molar-refractivity contribution < 1.29 is 9.47 Å². The van der Waals surface area contributed by atoms with E-state index in [2.05, 4.69) is 10.3 Å². The van der Waals surface area contributed by atoms with Gasteiger partial charge in [0.15, 0.2) is 16.6 Å². The summed E-state index contributed by atoms with van der Waals surface area (Å²) in [5.74, 6) is 1.52. The lowest BCUT2D eigenvalue weighted by Crippen LogP contribution is -2.07. The van der Waals surface area contributed by atoms with E-state index in [9.17, 15) is 0 Å². The van der Waals surface area contributed by atoms with E-state index >= 15 is 0 Å². The van der Waals surface area contributed by atoms with E-state index in [-0.39, 0.29) is 6.10 Å². The average molecular weight is 292 g/mol. The average Bonchev–Trinajstić information content (AvgIpc) is 2.79. The molecule has 0 fully saturated rings. The number of ether oxygens (including phenoxy) is 2. The van der Waals surface area contributed by atoms with Crippen LogP contribution in [0.5, 0.6) is 11.5 Å². The molecule has 2 rings (SSSR count). The van der Waals surface area contributed by atoms with Gasteiger partial charge >= 0.3 is 0 Å². The van der Waals surface area contributed by atoms with Crippen molar-refractivity contribution in [3.05, 3.63) is 23.9 Å². The first-order valence-electron chi connectivity index (χ1n) is 6.56. The fourth-order valence-electron chi connectivity index (χ4n) is 2.01. The van der Waals surface area contributed by atoms with E-state index in [4.69, 9.17) is 9.47 Å². The predicted octanol–water partition coefficient (Wildman–Crippen LogP) is 3.96. The van der Waals surface area contributed by atoms with Crippen LogP contribution < -0.4 is 14.8 Å². The summed E-state index contributed by atoms with van der Waals surface area (Å²) in [7, 11) is 3.54. The Labute approximate surface area is 123 Å². The Morgan fingerprint density at radius 2 is 2.05 bits per heavy atom. The van der Waals surface area contributed by atoms with E-state index in [0.29, 0.717) is 0 Å². The van der Waals surface area contributed by atoms with Crippen molar-refractivity contribution in [2.45, 2.75) is 26.9 Å². The third-order valence-corrected chi connectivity index (χ3v) is 4.01. The smallest absolute Gasteiger partial charge is 0.183 e. The molecule has 0 unspecified atom stereocenters. The number of benzene rings is 1. The highest BCUT2D eigenvalue weighted by Gasteiger charge is 2.17. The van der Waals surface area contributed by atoms with Gasteiger partial charge < -0.3 is 14.8 Å². The van der Waals surface area contributed by atoms with Crippen LogP contribution in [0.4, 0.5) is 5.13 Å². The second-order valence-electron chi connectivity index (χ2n) is 4.69. The van der Waals surface area contributed by atoms with E-state index in [1.807, 2.05) is 46.0 Å². The molecule has 0 spiro atoms.